The van der Waals surface area contributed by atoms with Crippen LogP contribution in [-0.4, -0.2) is 27.2 Å². The third-order valence-electron chi connectivity index (χ3n) is 16.3. The van der Waals surface area contributed by atoms with Crippen LogP contribution < -0.4 is 20.7 Å². The average molecular weight is 969 g/mol. The van der Waals surface area contributed by atoms with E-state index in [2.05, 4.69) is 262 Å². The zero-order valence-electron chi connectivity index (χ0n) is 40.7. The molecular formula is C70H44N4Si. The van der Waals surface area contributed by atoms with Gasteiger partial charge in [-0.2, -0.15) is 0 Å². The van der Waals surface area contributed by atoms with Crippen molar-refractivity contribution in [3.05, 3.63) is 267 Å². The van der Waals surface area contributed by atoms with E-state index in [0.717, 1.165) is 22.5 Å². The van der Waals surface area contributed by atoms with Crippen LogP contribution in [0.1, 0.15) is 0 Å². The van der Waals surface area contributed by atoms with Gasteiger partial charge in [0, 0.05) is 57.7 Å². The molecule has 16 rings (SSSR count). The van der Waals surface area contributed by atoms with Crippen LogP contribution in [0, 0.1) is 0 Å². The highest BCUT2D eigenvalue weighted by Crippen LogP contribution is 2.45. The van der Waals surface area contributed by atoms with E-state index in [4.69, 9.17) is 0 Å². The van der Waals surface area contributed by atoms with Crippen molar-refractivity contribution >= 4 is 72.4 Å². The van der Waals surface area contributed by atoms with Crippen molar-refractivity contribution in [3.63, 3.8) is 0 Å². The van der Waals surface area contributed by atoms with Crippen LogP contribution >= 0.6 is 0 Å². The molecule has 0 saturated carbocycles. The van der Waals surface area contributed by atoms with Gasteiger partial charge in [-0.05, 0) is 160 Å². The molecular weight excluding hydrogens is 925 g/mol. The summed E-state index contributed by atoms with van der Waals surface area (Å²) < 4.78 is 4.86. The van der Waals surface area contributed by atoms with Crippen molar-refractivity contribution in [2.24, 2.45) is 0 Å². The summed E-state index contributed by atoms with van der Waals surface area (Å²) in [5, 5.41) is 10.7. The van der Waals surface area contributed by atoms with E-state index in [1.165, 1.54) is 120 Å². The zero-order valence-corrected chi connectivity index (χ0v) is 41.7. The van der Waals surface area contributed by atoms with Crippen LogP contribution in [0.5, 0.6) is 0 Å². The molecule has 0 N–H and O–H groups in total. The van der Waals surface area contributed by atoms with Gasteiger partial charge in [-0.1, -0.05) is 170 Å². The van der Waals surface area contributed by atoms with Crippen LogP contribution in [0.2, 0.25) is 0 Å². The van der Waals surface area contributed by atoms with Gasteiger partial charge in [-0.3, -0.25) is 9.97 Å². The first-order chi connectivity index (χ1) is 37.2. The van der Waals surface area contributed by atoms with Crippen molar-refractivity contribution < 1.29 is 0 Å². The quantitative estimate of drug-likeness (QED) is 0.156. The molecule has 4 nitrogen and oxygen atoms in total. The minimum absolute atomic E-state index is 1.15. The lowest BCUT2D eigenvalue weighted by Gasteiger charge is -2.29. The van der Waals surface area contributed by atoms with E-state index < -0.39 is 8.07 Å². The van der Waals surface area contributed by atoms with Gasteiger partial charge in [0.1, 0.15) is 0 Å². The Kier molecular flexibility index (Phi) is 9.02. The van der Waals surface area contributed by atoms with Gasteiger partial charge in [-0.15, -0.1) is 0 Å². The predicted octanol–water partition coefficient (Wildman–Crippen LogP) is 14.7. The number of fused-ring (bicyclic) bond motifs is 16. The molecule has 14 aromatic rings. The molecule has 5 heteroatoms. The molecule has 2 aliphatic rings. The van der Waals surface area contributed by atoms with Crippen molar-refractivity contribution in [3.8, 4) is 78.1 Å². The molecule has 348 valence electrons. The van der Waals surface area contributed by atoms with Gasteiger partial charge in [-0.25, -0.2) is 0 Å². The molecule has 0 unspecified atom stereocenters. The fraction of sp³-hybridized carbons (Fsp3) is 0. The fourth-order valence-electron chi connectivity index (χ4n) is 13.2. The molecule has 0 saturated heterocycles. The highest BCUT2D eigenvalue weighted by Gasteiger charge is 2.54. The lowest BCUT2D eigenvalue weighted by molar-refractivity contribution is 1.18. The molecule has 0 aliphatic carbocycles. The molecule has 75 heavy (non-hydrogen) atoms. The molecule has 0 amide bonds. The molecule has 4 aromatic heterocycles. The summed E-state index contributed by atoms with van der Waals surface area (Å²) in [5.41, 5.74) is 22.0. The second-order valence-corrected chi connectivity index (χ2v) is 23.7. The van der Waals surface area contributed by atoms with Gasteiger partial charge in [0.2, 0.25) is 0 Å². The summed E-state index contributed by atoms with van der Waals surface area (Å²) in [6, 6.07) is 91.1. The lowest BCUT2D eigenvalue weighted by atomic mass is 9.95. The van der Waals surface area contributed by atoms with E-state index >= 15 is 0 Å². The zero-order chi connectivity index (χ0) is 49.2. The molecule has 1 spiro atoms. The van der Waals surface area contributed by atoms with Crippen molar-refractivity contribution in [1.29, 1.82) is 0 Å². The Hall–Kier alpha value is -9.68. The van der Waals surface area contributed by atoms with Crippen LogP contribution in [0.4, 0.5) is 0 Å². The smallest absolute Gasteiger partial charge is 0.182 e. The molecule has 6 heterocycles. The Labute approximate surface area is 434 Å². The maximum atomic E-state index is 4.44. The molecule has 0 fully saturated rings. The maximum absolute atomic E-state index is 4.44. The first kappa shape index (κ1) is 41.9. The highest BCUT2D eigenvalue weighted by atomic mass is 28.3. The molecule has 0 atom stereocenters. The second kappa shape index (κ2) is 16.2. The summed E-state index contributed by atoms with van der Waals surface area (Å²) >= 11 is 0. The predicted molar refractivity (Wildman–Crippen MR) is 314 cm³/mol. The van der Waals surface area contributed by atoms with Crippen molar-refractivity contribution in [2.45, 2.75) is 0 Å². The summed E-state index contributed by atoms with van der Waals surface area (Å²) in [4.78, 5) is 8.88. The van der Waals surface area contributed by atoms with Crippen LogP contribution in [-0.2, 0) is 0 Å². The highest BCUT2D eigenvalue weighted by molar-refractivity contribution is 7.24. The Balaban J connectivity index is 1.01. The largest absolute Gasteiger partial charge is 0.309 e. The van der Waals surface area contributed by atoms with Gasteiger partial charge in [0.25, 0.3) is 0 Å². The van der Waals surface area contributed by atoms with E-state index in [1.54, 1.807) is 0 Å². The second-order valence-electron chi connectivity index (χ2n) is 20.0. The average Bonchev–Trinajstić information content (AvgIpc) is 4.23. The van der Waals surface area contributed by atoms with Crippen LogP contribution in [0.15, 0.2) is 267 Å². The number of aromatic nitrogens is 4. The number of para-hydroxylation sites is 4. The fourth-order valence-corrected chi connectivity index (χ4v) is 19.0. The number of hydrogen-bond donors (Lipinski definition) is 0. The standard InChI is InChI=1S/C70H44N4Si/c1-3-13-51(14-4-1)73-61-21-9-7-17-59(61)69-53(19-11-23-63(69)73)49-27-31-57-58-32-28-50(54-20-12-24-64-70(54)60-18-8-10-22-62(60)74(64)52-15-5-2-6-16-52)44-68(58)75(67(57)43-49)65-41-47(45-33-37-71-38-34-45)25-29-55(65)56-30-26-48(42-66(56)75)46-35-39-72-40-36-46/h1-44H. The number of nitrogens with zero attached hydrogens (tertiary/aromatic N) is 4. The van der Waals surface area contributed by atoms with E-state index in [-0.39, 0.29) is 0 Å². The molecule has 10 aromatic carbocycles. The summed E-state index contributed by atoms with van der Waals surface area (Å²) in [7, 11) is -3.19. The third-order valence-corrected chi connectivity index (χ3v) is 21.2. The van der Waals surface area contributed by atoms with Gasteiger partial charge < -0.3 is 9.13 Å². The Morgan fingerprint density at radius 3 is 1.01 bits per heavy atom. The van der Waals surface area contributed by atoms with Gasteiger partial charge in [0.05, 0.1) is 22.1 Å². The molecule has 0 bridgehead atoms. The SMILES string of the molecule is c1ccc(-n2c3ccccc3c3c(-c4ccc5c(c4)[Si]4(c6cc(-c7ccncc7)ccc6-c6ccc(-c7ccncc7)cc64)c4cc(-c6cccc7c6c6ccccc6n7-c6ccccc6)ccc4-5)cccc32)cc1. The normalized spacial score (nSPS) is 12.9. The molecule has 0 radical (unpaired) electrons. The molecule has 2 aliphatic heterocycles. The first-order valence-corrected chi connectivity index (χ1v) is 27.8. The van der Waals surface area contributed by atoms with Crippen LogP contribution in [0.3, 0.4) is 0 Å². The van der Waals surface area contributed by atoms with Gasteiger partial charge in [0.15, 0.2) is 8.07 Å². The number of rotatable bonds is 6. The minimum Gasteiger partial charge on any atom is -0.309 e. The third kappa shape index (κ3) is 5.98. The summed E-state index contributed by atoms with van der Waals surface area (Å²) in [6.45, 7) is 0. The van der Waals surface area contributed by atoms with Gasteiger partial charge >= 0.3 is 0 Å². The van der Waals surface area contributed by atoms with Crippen molar-refractivity contribution in [1.82, 2.24) is 19.1 Å². The number of hydrogen-bond acceptors (Lipinski definition) is 2. The van der Waals surface area contributed by atoms with E-state index in [9.17, 15) is 0 Å². The van der Waals surface area contributed by atoms with E-state index in [1.807, 2.05) is 24.8 Å². The minimum atomic E-state index is -3.19. The Morgan fingerprint density at radius 2 is 0.600 bits per heavy atom. The van der Waals surface area contributed by atoms with Crippen LogP contribution in [0.25, 0.3) is 122 Å². The maximum Gasteiger partial charge on any atom is 0.182 e. The lowest BCUT2D eigenvalue weighted by Crippen LogP contribution is -2.70. The Morgan fingerprint density at radius 1 is 0.253 bits per heavy atom. The topological polar surface area (TPSA) is 35.6 Å². The Bertz CT molecular complexity index is 4340. The monoisotopic (exact) mass is 968 g/mol. The van der Waals surface area contributed by atoms with Crippen molar-refractivity contribution in [2.75, 3.05) is 0 Å². The first-order valence-electron chi connectivity index (χ1n) is 25.8. The summed E-state index contributed by atoms with van der Waals surface area (Å²) in [5.74, 6) is 0. The summed E-state index contributed by atoms with van der Waals surface area (Å²) in [6.07, 6.45) is 7.65. The van der Waals surface area contributed by atoms with E-state index in [0.29, 0.717) is 0 Å². The number of pyridine rings is 2. The number of benzene rings is 10.